The molecule has 0 unspecified atom stereocenters. The Morgan fingerprint density at radius 3 is 2.11 bits per heavy atom. The van der Waals surface area contributed by atoms with E-state index in [1.54, 1.807) is 0 Å². The molecule has 0 bridgehead atoms. The van der Waals surface area contributed by atoms with Gasteiger partial charge in [0.2, 0.25) is 0 Å². The van der Waals surface area contributed by atoms with Crippen molar-refractivity contribution in [2.75, 3.05) is 11.1 Å². The zero-order valence-corrected chi connectivity index (χ0v) is 21.7. The number of nitrogens with one attached hydrogen (secondary N) is 1. The van der Waals surface area contributed by atoms with E-state index in [1.807, 2.05) is 43.3 Å². The van der Waals surface area contributed by atoms with Crippen molar-refractivity contribution in [3.63, 3.8) is 0 Å². The highest BCUT2D eigenvalue weighted by molar-refractivity contribution is 6.05. The summed E-state index contributed by atoms with van der Waals surface area (Å²) in [5, 5.41) is 3.94. The normalized spacial score (nSPS) is 12.1. The Hall–Kier alpha value is -3.73. The van der Waals surface area contributed by atoms with Crippen LogP contribution in [0.4, 0.5) is 11.5 Å². The number of hydrogen-bond donors (Lipinski definition) is 2. The molecule has 5 heteroatoms. The summed E-state index contributed by atoms with van der Waals surface area (Å²) < 4.78 is 0. The number of rotatable bonds is 3. The van der Waals surface area contributed by atoms with Gasteiger partial charge in [0, 0.05) is 16.6 Å². The number of aromatic nitrogens is 2. The third-order valence-electron chi connectivity index (χ3n) is 6.40. The molecule has 1 heterocycles. The van der Waals surface area contributed by atoms with E-state index in [0.717, 1.165) is 33.3 Å². The Morgan fingerprint density at radius 1 is 0.829 bits per heavy atom. The molecule has 35 heavy (non-hydrogen) atoms. The first kappa shape index (κ1) is 24.4. The van der Waals surface area contributed by atoms with Crippen LogP contribution in [0.25, 0.3) is 22.0 Å². The Morgan fingerprint density at radius 2 is 1.49 bits per heavy atom. The van der Waals surface area contributed by atoms with Crippen molar-refractivity contribution in [3.05, 3.63) is 83.2 Å². The highest BCUT2D eigenvalue weighted by Crippen LogP contribution is 2.33. The van der Waals surface area contributed by atoms with Crippen LogP contribution in [0, 0.1) is 6.92 Å². The molecular weight excluding hydrogens is 432 g/mol. The van der Waals surface area contributed by atoms with Gasteiger partial charge in [-0.1, -0.05) is 59.7 Å². The van der Waals surface area contributed by atoms with Gasteiger partial charge in [0.25, 0.3) is 5.91 Å². The summed E-state index contributed by atoms with van der Waals surface area (Å²) in [7, 11) is 0. The first-order valence-electron chi connectivity index (χ1n) is 11.9. The fraction of sp³-hybridized carbons (Fsp3) is 0.300. The third kappa shape index (κ3) is 5.19. The van der Waals surface area contributed by atoms with E-state index in [1.165, 1.54) is 17.5 Å². The number of nitrogens with zero attached hydrogens (tertiary/aromatic N) is 2. The number of anilines is 2. The van der Waals surface area contributed by atoms with Gasteiger partial charge in [-0.15, -0.1) is 0 Å². The van der Waals surface area contributed by atoms with Crippen molar-refractivity contribution in [1.29, 1.82) is 0 Å². The summed E-state index contributed by atoms with van der Waals surface area (Å²) in [6.07, 6.45) is 1.47. The van der Waals surface area contributed by atoms with Gasteiger partial charge in [-0.05, 0) is 82.0 Å². The summed E-state index contributed by atoms with van der Waals surface area (Å²) in [4.78, 5) is 21.7. The molecule has 3 N–H and O–H groups in total. The molecule has 0 aliphatic carbocycles. The van der Waals surface area contributed by atoms with Crippen molar-refractivity contribution in [1.82, 2.24) is 9.97 Å². The van der Waals surface area contributed by atoms with E-state index in [2.05, 4.69) is 75.0 Å². The van der Waals surface area contributed by atoms with E-state index in [4.69, 9.17) is 5.73 Å². The van der Waals surface area contributed by atoms with Crippen molar-refractivity contribution in [2.24, 2.45) is 0 Å². The quantitative estimate of drug-likeness (QED) is 0.339. The van der Waals surface area contributed by atoms with E-state index >= 15 is 0 Å². The van der Waals surface area contributed by atoms with Gasteiger partial charge in [-0.3, -0.25) is 4.79 Å². The molecule has 1 amide bonds. The van der Waals surface area contributed by atoms with Crippen LogP contribution in [0.5, 0.6) is 0 Å². The third-order valence-corrected chi connectivity index (χ3v) is 6.40. The van der Waals surface area contributed by atoms with Crippen LogP contribution in [-0.2, 0) is 10.8 Å². The molecule has 5 nitrogen and oxygen atoms in total. The summed E-state index contributed by atoms with van der Waals surface area (Å²) in [5.41, 5.74) is 13.6. The predicted molar refractivity (Wildman–Crippen MR) is 146 cm³/mol. The van der Waals surface area contributed by atoms with Gasteiger partial charge >= 0.3 is 0 Å². The predicted octanol–water partition coefficient (Wildman–Crippen LogP) is 7.03. The van der Waals surface area contributed by atoms with Crippen molar-refractivity contribution in [3.8, 4) is 11.1 Å². The minimum absolute atomic E-state index is 0.0284. The van der Waals surface area contributed by atoms with Crippen molar-refractivity contribution < 1.29 is 4.79 Å². The van der Waals surface area contributed by atoms with Gasteiger partial charge in [-0.25, -0.2) is 9.97 Å². The number of hydrogen-bond acceptors (Lipinski definition) is 4. The second kappa shape index (κ2) is 8.81. The number of amides is 1. The largest absolute Gasteiger partial charge is 0.383 e. The Kier molecular flexibility index (Phi) is 6.14. The SMILES string of the molecule is Cc1ccc(C(=O)Nc2cc(C(C)(C)C)cc(C(C)(C)C)c2)cc1-c1ccc2ncnc(N)c2c1. The molecule has 4 aromatic rings. The van der Waals surface area contributed by atoms with Gasteiger partial charge in [0.05, 0.1) is 5.52 Å². The molecule has 3 aromatic carbocycles. The van der Waals surface area contributed by atoms with Gasteiger partial charge in [-0.2, -0.15) is 0 Å². The molecule has 0 atom stereocenters. The number of aryl methyl sites for hydroxylation is 1. The van der Waals surface area contributed by atoms with Crippen LogP contribution in [0.1, 0.15) is 68.6 Å². The molecule has 0 aliphatic rings. The lowest BCUT2D eigenvalue weighted by Gasteiger charge is -2.26. The molecule has 0 aliphatic heterocycles. The Labute approximate surface area is 207 Å². The molecule has 0 radical (unpaired) electrons. The van der Waals surface area contributed by atoms with Crippen molar-refractivity contribution in [2.45, 2.75) is 59.3 Å². The lowest BCUT2D eigenvalue weighted by atomic mass is 9.80. The molecule has 1 aromatic heterocycles. The molecule has 0 spiro atoms. The summed E-state index contributed by atoms with van der Waals surface area (Å²) >= 11 is 0. The average Bonchev–Trinajstić information content (AvgIpc) is 2.78. The molecule has 0 fully saturated rings. The van der Waals surface area contributed by atoms with E-state index in [0.29, 0.717) is 11.4 Å². The number of nitrogen functional groups attached to an aromatic ring is 1. The standard InChI is InChI=1S/C30H34N4O/c1-18-8-9-20(13-24(18)19-10-11-26-25(12-19)27(31)33-17-32-26)28(35)34-23-15-21(29(2,3)4)14-22(16-23)30(5,6)7/h8-17H,1-7H3,(H,34,35)(H2,31,32,33). The monoisotopic (exact) mass is 466 g/mol. The Balaban J connectivity index is 1.71. The number of carbonyl (C=O) groups excluding carboxylic acids is 1. The molecular formula is C30H34N4O. The highest BCUT2D eigenvalue weighted by Gasteiger charge is 2.21. The van der Waals surface area contributed by atoms with E-state index in [9.17, 15) is 4.79 Å². The minimum Gasteiger partial charge on any atom is -0.383 e. The molecule has 0 saturated heterocycles. The van der Waals surface area contributed by atoms with Gasteiger partial charge in [0.15, 0.2) is 0 Å². The second-order valence-corrected chi connectivity index (χ2v) is 11.3. The van der Waals surface area contributed by atoms with E-state index < -0.39 is 0 Å². The summed E-state index contributed by atoms with van der Waals surface area (Å²) in [6, 6.07) is 18.1. The van der Waals surface area contributed by atoms with Gasteiger partial charge < -0.3 is 11.1 Å². The zero-order valence-electron chi connectivity index (χ0n) is 21.7. The maximum Gasteiger partial charge on any atom is 0.255 e. The fourth-order valence-electron chi connectivity index (χ4n) is 4.09. The first-order chi connectivity index (χ1) is 16.3. The molecule has 0 saturated carbocycles. The second-order valence-electron chi connectivity index (χ2n) is 11.3. The minimum atomic E-state index is -0.138. The number of carbonyl (C=O) groups is 1. The van der Waals surface area contributed by atoms with Crippen molar-refractivity contribution >= 4 is 28.3 Å². The zero-order chi connectivity index (χ0) is 25.5. The highest BCUT2D eigenvalue weighted by atomic mass is 16.1. The summed E-state index contributed by atoms with van der Waals surface area (Å²) in [5.74, 6) is 0.303. The van der Waals surface area contributed by atoms with Crippen LogP contribution >= 0.6 is 0 Å². The van der Waals surface area contributed by atoms with E-state index in [-0.39, 0.29) is 16.7 Å². The number of fused-ring (bicyclic) bond motifs is 1. The van der Waals surface area contributed by atoms with Crippen LogP contribution in [-0.4, -0.2) is 15.9 Å². The fourth-order valence-corrected chi connectivity index (χ4v) is 4.09. The molecule has 180 valence electrons. The van der Waals surface area contributed by atoms with Crippen LogP contribution in [0.3, 0.4) is 0 Å². The lowest BCUT2D eigenvalue weighted by Crippen LogP contribution is -2.19. The van der Waals surface area contributed by atoms with Gasteiger partial charge in [0.1, 0.15) is 12.1 Å². The average molecular weight is 467 g/mol. The van der Waals surface area contributed by atoms with Crippen LogP contribution in [0.15, 0.2) is 60.9 Å². The van der Waals surface area contributed by atoms with Crippen LogP contribution < -0.4 is 11.1 Å². The number of nitrogens with two attached hydrogens (primary N) is 1. The lowest BCUT2D eigenvalue weighted by molar-refractivity contribution is 0.102. The first-order valence-corrected chi connectivity index (χ1v) is 11.9. The maximum atomic E-state index is 13.3. The molecule has 4 rings (SSSR count). The summed E-state index contributed by atoms with van der Waals surface area (Å²) in [6.45, 7) is 15.2. The number of benzene rings is 3. The smallest absolute Gasteiger partial charge is 0.255 e. The topological polar surface area (TPSA) is 80.9 Å². The maximum absolute atomic E-state index is 13.3. The van der Waals surface area contributed by atoms with Crippen LogP contribution in [0.2, 0.25) is 0 Å². The Bertz CT molecular complexity index is 1390.